The third-order valence-electron chi connectivity index (χ3n) is 5.33. The fourth-order valence-electron chi connectivity index (χ4n) is 3.91. The number of hydrogen-bond donors (Lipinski definition) is 3. The number of rotatable bonds is 6. The lowest BCUT2D eigenvalue weighted by Gasteiger charge is -2.26. The van der Waals surface area contributed by atoms with Crippen LogP contribution in [0.4, 0.5) is 0 Å². The number of hydrogen-bond acceptors (Lipinski definition) is 5. The first kappa shape index (κ1) is 20.3. The van der Waals surface area contributed by atoms with Crippen LogP contribution < -0.4 is 0 Å². The summed E-state index contributed by atoms with van der Waals surface area (Å²) in [4.78, 5) is 14.9. The lowest BCUT2D eigenvalue weighted by molar-refractivity contribution is 0.0723. The van der Waals surface area contributed by atoms with E-state index in [2.05, 4.69) is 10.2 Å². The molecule has 7 nitrogen and oxygen atoms in total. The second-order valence-corrected chi connectivity index (χ2v) is 7.73. The van der Waals surface area contributed by atoms with E-state index in [9.17, 15) is 15.0 Å². The zero-order valence-corrected chi connectivity index (χ0v) is 17.4. The van der Waals surface area contributed by atoms with Crippen molar-refractivity contribution in [2.24, 2.45) is 0 Å². The molecular weight excluding hydrogens is 406 g/mol. The summed E-state index contributed by atoms with van der Waals surface area (Å²) in [6.07, 6.45) is 0.659. The third kappa shape index (κ3) is 3.40. The van der Waals surface area contributed by atoms with Crippen molar-refractivity contribution in [2.75, 3.05) is 20.3 Å². The Morgan fingerprint density at radius 2 is 2.07 bits per heavy atom. The number of benzene rings is 2. The molecule has 0 spiro atoms. The second kappa shape index (κ2) is 8.01. The molecule has 1 aromatic heterocycles. The Bertz CT molecular complexity index is 1110. The summed E-state index contributed by atoms with van der Waals surface area (Å²) in [6, 6.07) is 9.57. The third-order valence-corrected chi connectivity index (χ3v) is 5.74. The predicted octanol–water partition coefficient (Wildman–Crippen LogP) is 4.03. The zero-order valence-electron chi connectivity index (χ0n) is 16.6. The smallest absolute Gasteiger partial charge is 0.273 e. The fourth-order valence-corrected chi connectivity index (χ4v) is 4.07. The lowest BCUT2D eigenvalue weighted by Crippen LogP contribution is -2.31. The molecule has 0 saturated heterocycles. The molecule has 8 heteroatoms. The molecule has 4 rings (SSSR count). The van der Waals surface area contributed by atoms with Gasteiger partial charge in [0, 0.05) is 36.4 Å². The quantitative estimate of drug-likeness (QED) is 0.516. The van der Waals surface area contributed by atoms with Gasteiger partial charge in [0.25, 0.3) is 5.91 Å². The molecule has 1 aliphatic rings. The summed E-state index contributed by atoms with van der Waals surface area (Å²) in [5.74, 6) is -0.0476. The number of aromatic amines is 1. The number of carbonyl (C=O) groups excluding carboxylic acids is 1. The van der Waals surface area contributed by atoms with E-state index < -0.39 is 6.04 Å². The van der Waals surface area contributed by atoms with Crippen LogP contribution in [0.5, 0.6) is 11.5 Å². The molecule has 0 radical (unpaired) electrons. The number of phenols is 2. The molecule has 0 bridgehead atoms. The molecule has 156 valence electrons. The number of carbonyl (C=O) groups is 1. The minimum Gasteiger partial charge on any atom is -0.508 e. The standard InChI is InChI=1S/C22H22ClN3O4/c1-12-9-17(28)15(11-16(12)23)19-18-20(25-24-19)22(29)26(7-4-8-30-2)21(18)13-5-3-6-14(27)10-13/h3,5-6,9-11,21,27-28H,4,7-8H2,1-2H3,(H,24,25)/t21-/m1/s1. The number of methoxy groups -OCH3 is 1. The summed E-state index contributed by atoms with van der Waals surface area (Å²) in [5.41, 5.74) is 3.41. The van der Waals surface area contributed by atoms with E-state index in [1.807, 2.05) is 6.07 Å². The average molecular weight is 428 g/mol. The highest BCUT2D eigenvalue weighted by Crippen LogP contribution is 2.45. The summed E-state index contributed by atoms with van der Waals surface area (Å²) in [6.45, 7) is 2.79. The largest absolute Gasteiger partial charge is 0.508 e. The summed E-state index contributed by atoms with van der Waals surface area (Å²) >= 11 is 6.30. The number of fused-ring (bicyclic) bond motifs is 1. The Labute approximate surface area is 178 Å². The van der Waals surface area contributed by atoms with E-state index >= 15 is 0 Å². The molecule has 1 atom stereocenters. The highest BCUT2D eigenvalue weighted by Gasteiger charge is 2.42. The number of aromatic hydroxyl groups is 2. The van der Waals surface area contributed by atoms with Crippen molar-refractivity contribution in [3.05, 3.63) is 63.8 Å². The van der Waals surface area contributed by atoms with E-state index in [-0.39, 0.29) is 17.4 Å². The van der Waals surface area contributed by atoms with E-state index in [0.717, 1.165) is 11.1 Å². The predicted molar refractivity (Wildman–Crippen MR) is 113 cm³/mol. The molecule has 1 aliphatic heterocycles. The van der Waals surface area contributed by atoms with E-state index in [1.165, 1.54) is 0 Å². The van der Waals surface area contributed by atoms with Gasteiger partial charge in [-0.05, 0) is 48.7 Å². The maximum atomic E-state index is 13.2. The van der Waals surface area contributed by atoms with Crippen LogP contribution in [0.2, 0.25) is 5.02 Å². The first-order chi connectivity index (χ1) is 14.4. The molecule has 0 saturated carbocycles. The van der Waals surface area contributed by atoms with Gasteiger partial charge in [-0.15, -0.1) is 0 Å². The van der Waals surface area contributed by atoms with Gasteiger partial charge in [-0.3, -0.25) is 9.89 Å². The van der Waals surface area contributed by atoms with Crippen molar-refractivity contribution >= 4 is 17.5 Å². The number of phenolic OH excluding ortho intramolecular Hbond substituents is 2. The molecular formula is C22H22ClN3O4. The van der Waals surface area contributed by atoms with Crippen LogP contribution in [0, 0.1) is 6.92 Å². The highest BCUT2D eigenvalue weighted by molar-refractivity contribution is 6.31. The minimum absolute atomic E-state index is 0.0335. The van der Waals surface area contributed by atoms with Crippen molar-refractivity contribution in [3.63, 3.8) is 0 Å². The Morgan fingerprint density at radius 3 is 2.80 bits per heavy atom. The molecule has 0 unspecified atom stereocenters. The molecule has 2 heterocycles. The number of ether oxygens (including phenoxy) is 1. The van der Waals surface area contributed by atoms with Crippen molar-refractivity contribution < 1.29 is 19.7 Å². The number of aromatic nitrogens is 2. The minimum atomic E-state index is -0.468. The van der Waals surface area contributed by atoms with Gasteiger partial charge in [-0.1, -0.05) is 23.7 Å². The van der Waals surface area contributed by atoms with Gasteiger partial charge in [0.15, 0.2) is 0 Å². The number of H-pyrrole nitrogens is 1. The number of nitrogens with zero attached hydrogens (tertiary/aromatic N) is 2. The Hall–Kier alpha value is -3.03. The van der Waals surface area contributed by atoms with Gasteiger partial charge in [-0.25, -0.2) is 0 Å². The van der Waals surface area contributed by atoms with Crippen LogP contribution in [0.25, 0.3) is 11.3 Å². The molecule has 2 aromatic carbocycles. The van der Waals surface area contributed by atoms with Gasteiger partial charge in [-0.2, -0.15) is 5.10 Å². The van der Waals surface area contributed by atoms with E-state index in [4.69, 9.17) is 16.3 Å². The van der Waals surface area contributed by atoms with E-state index in [0.29, 0.717) is 47.1 Å². The normalized spacial score (nSPS) is 15.6. The molecule has 0 fully saturated rings. The van der Waals surface area contributed by atoms with Crippen molar-refractivity contribution in [1.29, 1.82) is 0 Å². The van der Waals surface area contributed by atoms with Crippen LogP contribution in [0.3, 0.4) is 0 Å². The monoisotopic (exact) mass is 427 g/mol. The maximum absolute atomic E-state index is 13.2. The molecule has 1 amide bonds. The number of aryl methyl sites for hydroxylation is 1. The van der Waals surface area contributed by atoms with E-state index in [1.54, 1.807) is 49.3 Å². The SMILES string of the molecule is COCCCN1C(=O)c2[nH]nc(-c3cc(Cl)c(C)cc3O)c2[C@H]1c1cccc(O)c1. The van der Waals surface area contributed by atoms with Gasteiger partial charge >= 0.3 is 0 Å². The van der Waals surface area contributed by atoms with Gasteiger partial charge < -0.3 is 19.8 Å². The first-order valence-corrected chi connectivity index (χ1v) is 9.96. The van der Waals surface area contributed by atoms with Gasteiger partial charge in [0.2, 0.25) is 0 Å². The van der Waals surface area contributed by atoms with Crippen LogP contribution >= 0.6 is 11.6 Å². The van der Waals surface area contributed by atoms with Crippen LogP contribution in [0.1, 0.15) is 39.6 Å². The first-order valence-electron chi connectivity index (χ1n) is 9.59. The van der Waals surface area contributed by atoms with Crippen molar-refractivity contribution in [3.8, 4) is 22.8 Å². The van der Waals surface area contributed by atoms with Crippen LogP contribution in [-0.4, -0.2) is 51.5 Å². The van der Waals surface area contributed by atoms with Crippen LogP contribution in [-0.2, 0) is 4.74 Å². The number of halogens is 1. The van der Waals surface area contributed by atoms with Crippen molar-refractivity contribution in [2.45, 2.75) is 19.4 Å². The summed E-state index contributed by atoms with van der Waals surface area (Å²) < 4.78 is 5.14. The second-order valence-electron chi connectivity index (χ2n) is 7.32. The number of nitrogens with one attached hydrogen (secondary N) is 1. The molecule has 3 N–H and O–H groups in total. The zero-order chi connectivity index (χ0) is 21.4. The lowest BCUT2D eigenvalue weighted by atomic mass is 9.95. The van der Waals surface area contributed by atoms with Gasteiger partial charge in [0.1, 0.15) is 22.9 Å². The summed E-state index contributed by atoms with van der Waals surface area (Å²) in [5, 5.41) is 28.3. The van der Waals surface area contributed by atoms with Gasteiger partial charge in [0.05, 0.1) is 6.04 Å². The van der Waals surface area contributed by atoms with Crippen LogP contribution in [0.15, 0.2) is 36.4 Å². The molecule has 0 aliphatic carbocycles. The Kier molecular flexibility index (Phi) is 5.40. The van der Waals surface area contributed by atoms with Crippen molar-refractivity contribution in [1.82, 2.24) is 15.1 Å². The topological polar surface area (TPSA) is 98.7 Å². The Morgan fingerprint density at radius 1 is 1.27 bits per heavy atom. The number of amides is 1. The Balaban J connectivity index is 1.87. The molecule has 3 aromatic rings. The maximum Gasteiger partial charge on any atom is 0.273 e. The average Bonchev–Trinajstić information content (AvgIpc) is 3.24. The highest BCUT2D eigenvalue weighted by atomic mass is 35.5. The fraction of sp³-hybridized carbons (Fsp3) is 0.273. The summed E-state index contributed by atoms with van der Waals surface area (Å²) in [7, 11) is 1.62. The molecule has 30 heavy (non-hydrogen) atoms.